The SMILES string of the molecule is CC(C)(CCc1ccc(F)cc1)C1(N)CC1. The third kappa shape index (κ3) is 2.27. The first-order valence-electron chi connectivity index (χ1n) is 5.96. The lowest BCUT2D eigenvalue weighted by Crippen LogP contribution is -2.40. The number of halogens is 1. The summed E-state index contributed by atoms with van der Waals surface area (Å²) in [4.78, 5) is 0. The molecule has 1 nitrogen and oxygen atoms in total. The van der Waals surface area contributed by atoms with E-state index in [1.807, 2.05) is 12.1 Å². The minimum atomic E-state index is -0.166. The maximum atomic E-state index is 12.7. The van der Waals surface area contributed by atoms with Crippen LogP contribution in [0.25, 0.3) is 0 Å². The van der Waals surface area contributed by atoms with Crippen molar-refractivity contribution in [3.05, 3.63) is 35.6 Å². The number of hydrogen-bond acceptors (Lipinski definition) is 1. The summed E-state index contributed by atoms with van der Waals surface area (Å²) in [5, 5.41) is 0. The van der Waals surface area contributed by atoms with Crippen molar-refractivity contribution in [3.63, 3.8) is 0 Å². The second kappa shape index (κ2) is 3.85. The van der Waals surface area contributed by atoms with Gasteiger partial charge in [0.15, 0.2) is 0 Å². The molecule has 1 aliphatic carbocycles. The van der Waals surface area contributed by atoms with Crippen LogP contribution in [-0.2, 0) is 6.42 Å². The van der Waals surface area contributed by atoms with Gasteiger partial charge in [-0.2, -0.15) is 0 Å². The number of benzene rings is 1. The van der Waals surface area contributed by atoms with E-state index in [4.69, 9.17) is 5.73 Å². The first kappa shape index (κ1) is 11.6. The second-order valence-electron chi connectivity index (χ2n) is 5.67. The quantitative estimate of drug-likeness (QED) is 0.829. The Balaban J connectivity index is 1.94. The van der Waals surface area contributed by atoms with Crippen molar-refractivity contribution in [2.75, 3.05) is 0 Å². The summed E-state index contributed by atoms with van der Waals surface area (Å²) in [5.41, 5.74) is 7.68. The Kier molecular flexibility index (Phi) is 2.79. The molecule has 1 fully saturated rings. The molecule has 0 radical (unpaired) electrons. The normalized spacial score (nSPS) is 18.5. The van der Waals surface area contributed by atoms with Gasteiger partial charge in [0.25, 0.3) is 0 Å². The van der Waals surface area contributed by atoms with Crippen molar-refractivity contribution in [3.8, 4) is 0 Å². The summed E-state index contributed by atoms with van der Waals surface area (Å²) in [6.45, 7) is 4.48. The fourth-order valence-corrected chi connectivity index (χ4v) is 2.17. The van der Waals surface area contributed by atoms with Crippen molar-refractivity contribution in [2.24, 2.45) is 11.1 Å². The molecule has 2 heteroatoms. The molecular weight excluding hydrogens is 201 g/mol. The molecule has 0 bridgehead atoms. The number of rotatable bonds is 4. The number of aryl methyl sites for hydroxylation is 1. The summed E-state index contributed by atoms with van der Waals surface area (Å²) in [6.07, 6.45) is 4.33. The predicted octanol–water partition coefficient (Wildman–Crippen LogP) is 3.28. The maximum Gasteiger partial charge on any atom is 0.123 e. The van der Waals surface area contributed by atoms with Crippen LogP contribution in [0.4, 0.5) is 4.39 Å². The van der Waals surface area contributed by atoms with E-state index in [0.29, 0.717) is 0 Å². The lowest BCUT2D eigenvalue weighted by molar-refractivity contribution is 0.245. The van der Waals surface area contributed by atoms with Crippen LogP contribution in [0.2, 0.25) is 0 Å². The zero-order valence-electron chi connectivity index (χ0n) is 10.1. The molecule has 1 saturated carbocycles. The highest BCUT2D eigenvalue weighted by Gasteiger charge is 2.50. The molecule has 1 aromatic carbocycles. The van der Waals surface area contributed by atoms with Gasteiger partial charge in [-0.25, -0.2) is 4.39 Å². The van der Waals surface area contributed by atoms with Gasteiger partial charge in [0.1, 0.15) is 5.82 Å². The van der Waals surface area contributed by atoms with Crippen molar-refractivity contribution < 1.29 is 4.39 Å². The van der Waals surface area contributed by atoms with E-state index < -0.39 is 0 Å². The Morgan fingerprint density at radius 1 is 1.25 bits per heavy atom. The van der Waals surface area contributed by atoms with E-state index in [0.717, 1.165) is 25.7 Å². The van der Waals surface area contributed by atoms with Gasteiger partial charge in [0, 0.05) is 5.54 Å². The average molecular weight is 221 g/mol. The van der Waals surface area contributed by atoms with E-state index >= 15 is 0 Å². The molecule has 0 saturated heterocycles. The maximum absolute atomic E-state index is 12.7. The molecule has 2 N–H and O–H groups in total. The average Bonchev–Trinajstić information content (AvgIpc) is 2.98. The lowest BCUT2D eigenvalue weighted by atomic mass is 9.77. The summed E-state index contributed by atoms with van der Waals surface area (Å²) < 4.78 is 12.7. The number of nitrogens with two attached hydrogens (primary N) is 1. The molecule has 0 atom stereocenters. The predicted molar refractivity (Wildman–Crippen MR) is 64.7 cm³/mol. The molecule has 0 aromatic heterocycles. The summed E-state index contributed by atoms with van der Waals surface area (Å²) >= 11 is 0. The third-order valence-corrected chi connectivity index (χ3v) is 4.09. The van der Waals surface area contributed by atoms with Crippen LogP contribution in [0.1, 0.15) is 38.7 Å². The molecule has 0 unspecified atom stereocenters. The van der Waals surface area contributed by atoms with Gasteiger partial charge >= 0.3 is 0 Å². The van der Waals surface area contributed by atoms with E-state index in [2.05, 4.69) is 13.8 Å². The first-order chi connectivity index (χ1) is 7.43. The van der Waals surface area contributed by atoms with Crippen LogP contribution < -0.4 is 5.73 Å². The molecular formula is C14H20FN. The molecule has 0 spiro atoms. The van der Waals surface area contributed by atoms with Gasteiger partial charge in [0.2, 0.25) is 0 Å². The molecule has 2 rings (SSSR count). The van der Waals surface area contributed by atoms with Crippen LogP contribution in [0.5, 0.6) is 0 Å². The summed E-state index contributed by atoms with van der Waals surface area (Å²) in [5.74, 6) is -0.166. The second-order valence-corrected chi connectivity index (χ2v) is 5.67. The molecule has 1 aromatic rings. The van der Waals surface area contributed by atoms with E-state index in [-0.39, 0.29) is 16.8 Å². The highest BCUT2D eigenvalue weighted by Crippen LogP contribution is 2.49. The van der Waals surface area contributed by atoms with E-state index in [9.17, 15) is 4.39 Å². The monoisotopic (exact) mass is 221 g/mol. The zero-order chi connectivity index (χ0) is 11.8. The Hall–Kier alpha value is -0.890. The molecule has 88 valence electrons. The lowest BCUT2D eigenvalue weighted by Gasteiger charge is -2.32. The fourth-order valence-electron chi connectivity index (χ4n) is 2.17. The fraction of sp³-hybridized carbons (Fsp3) is 0.571. The van der Waals surface area contributed by atoms with Crippen LogP contribution in [-0.4, -0.2) is 5.54 Å². The Labute approximate surface area is 96.9 Å². The van der Waals surface area contributed by atoms with Crippen molar-refractivity contribution in [1.29, 1.82) is 0 Å². The van der Waals surface area contributed by atoms with Crippen LogP contribution in [0.15, 0.2) is 24.3 Å². The van der Waals surface area contributed by atoms with E-state index in [1.54, 1.807) is 0 Å². The van der Waals surface area contributed by atoms with Crippen LogP contribution in [0.3, 0.4) is 0 Å². The standard InChI is InChI=1S/C14H20FN/c1-13(2,14(16)9-10-14)8-7-11-3-5-12(15)6-4-11/h3-6H,7-10,16H2,1-2H3. The van der Waals surface area contributed by atoms with Gasteiger partial charge in [-0.05, 0) is 48.8 Å². The highest BCUT2D eigenvalue weighted by molar-refractivity contribution is 5.17. The van der Waals surface area contributed by atoms with Gasteiger partial charge in [-0.1, -0.05) is 26.0 Å². The Morgan fingerprint density at radius 3 is 2.31 bits per heavy atom. The first-order valence-corrected chi connectivity index (χ1v) is 5.96. The summed E-state index contributed by atoms with van der Waals surface area (Å²) in [7, 11) is 0. The zero-order valence-corrected chi connectivity index (χ0v) is 10.1. The van der Waals surface area contributed by atoms with Gasteiger partial charge in [0.05, 0.1) is 0 Å². The highest BCUT2D eigenvalue weighted by atomic mass is 19.1. The third-order valence-electron chi connectivity index (χ3n) is 4.09. The van der Waals surface area contributed by atoms with Crippen LogP contribution >= 0.6 is 0 Å². The van der Waals surface area contributed by atoms with Gasteiger partial charge in [-0.3, -0.25) is 0 Å². The molecule has 0 amide bonds. The Morgan fingerprint density at radius 2 is 1.81 bits per heavy atom. The van der Waals surface area contributed by atoms with Gasteiger partial charge < -0.3 is 5.73 Å². The minimum Gasteiger partial charge on any atom is -0.325 e. The van der Waals surface area contributed by atoms with E-state index in [1.165, 1.54) is 17.7 Å². The Bertz CT molecular complexity index is 363. The molecule has 0 aliphatic heterocycles. The molecule has 1 aliphatic rings. The topological polar surface area (TPSA) is 26.0 Å². The summed E-state index contributed by atoms with van der Waals surface area (Å²) in [6, 6.07) is 6.78. The molecule has 16 heavy (non-hydrogen) atoms. The van der Waals surface area contributed by atoms with Crippen LogP contribution in [0, 0.1) is 11.2 Å². The van der Waals surface area contributed by atoms with Crippen molar-refractivity contribution in [1.82, 2.24) is 0 Å². The number of hydrogen-bond donors (Lipinski definition) is 1. The smallest absolute Gasteiger partial charge is 0.123 e. The molecule has 0 heterocycles. The largest absolute Gasteiger partial charge is 0.325 e. The minimum absolute atomic E-state index is 0.0486. The van der Waals surface area contributed by atoms with Crippen molar-refractivity contribution >= 4 is 0 Å². The van der Waals surface area contributed by atoms with Gasteiger partial charge in [-0.15, -0.1) is 0 Å². The van der Waals surface area contributed by atoms with Crippen molar-refractivity contribution in [2.45, 2.75) is 45.1 Å².